The molecule has 0 saturated heterocycles. The second-order valence-corrected chi connectivity index (χ2v) is 3.51. The average molecular weight is 216 g/mol. The van der Waals surface area contributed by atoms with Crippen molar-refractivity contribution in [3.63, 3.8) is 0 Å². The smallest absolute Gasteiger partial charge is 0.326 e. The van der Waals surface area contributed by atoms with Crippen LogP contribution in [0.1, 0.15) is 32.6 Å². The van der Waals surface area contributed by atoms with Gasteiger partial charge in [0.1, 0.15) is 6.04 Å². The Hall–Kier alpha value is -1.10. The number of nitrogens with two attached hydrogens (primary N) is 1. The Balaban J connectivity index is 4.10. The fraction of sp³-hybridized carbons (Fsp3) is 0.800. The Morgan fingerprint density at radius 2 is 2.00 bits per heavy atom. The van der Waals surface area contributed by atoms with E-state index in [9.17, 15) is 9.59 Å². The van der Waals surface area contributed by atoms with E-state index >= 15 is 0 Å². The van der Waals surface area contributed by atoms with Crippen LogP contribution in [0.5, 0.6) is 0 Å². The molecule has 0 heterocycles. The molecule has 88 valence electrons. The summed E-state index contributed by atoms with van der Waals surface area (Å²) in [6.45, 7) is 2.32. The number of hydrogen-bond acceptors (Lipinski definition) is 3. The molecule has 0 aromatic carbocycles. The van der Waals surface area contributed by atoms with Gasteiger partial charge in [-0.1, -0.05) is 6.92 Å². The van der Waals surface area contributed by atoms with E-state index in [1.54, 1.807) is 6.92 Å². The summed E-state index contributed by atoms with van der Waals surface area (Å²) in [5, 5.41) is 8.85. The number of hydrogen-bond donors (Lipinski definition) is 2. The molecule has 0 radical (unpaired) electrons. The number of unbranched alkanes of at least 4 members (excludes halogenated alkanes) is 1. The van der Waals surface area contributed by atoms with Crippen LogP contribution in [-0.2, 0) is 9.59 Å². The number of carbonyl (C=O) groups is 2. The first kappa shape index (κ1) is 13.9. The minimum absolute atomic E-state index is 0.127. The van der Waals surface area contributed by atoms with Gasteiger partial charge in [-0.05, 0) is 25.8 Å². The first-order valence-corrected chi connectivity index (χ1v) is 5.23. The summed E-state index contributed by atoms with van der Waals surface area (Å²) in [5.74, 6) is -1.08. The van der Waals surface area contributed by atoms with Crippen LogP contribution >= 0.6 is 0 Å². The van der Waals surface area contributed by atoms with E-state index in [2.05, 4.69) is 0 Å². The maximum absolute atomic E-state index is 11.5. The van der Waals surface area contributed by atoms with Gasteiger partial charge in [0.15, 0.2) is 0 Å². The number of rotatable bonds is 7. The minimum atomic E-state index is -0.952. The van der Waals surface area contributed by atoms with Crippen molar-refractivity contribution in [3.8, 4) is 0 Å². The zero-order chi connectivity index (χ0) is 11.8. The van der Waals surface area contributed by atoms with Crippen molar-refractivity contribution in [1.82, 2.24) is 4.90 Å². The van der Waals surface area contributed by atoms with Crippen molar-refractivity contribution in [2.45, 2.75) is 38.6 Å². The molecule has 5 nitrogen and oxygen atoms in total. The van der Waals surface area contributed by atoms with Crippen LogP contribution in [0.4, 0.5) is 0 Å². The third kappa shape index (κ3) is 4.78. The molecule has 5 heteroatoms. The summed E-state index contributed by atoms with van der Waals surface area (Å²) in [4.78, 5) is 23.6. The van der Waals surface area contributed by atoms with Gasteiger partial charge in [-0.2, -0.15) is 0 Å². The zero-order valence-electron chi connectivity index (χ0n) is 9.40. The minimum Gasteiger partial charge on any atom is -0.480 e. The average Bonchev–Trinajstić information content (AvgIpc) is 2.18. The molecule has 0 aromatic rings. The Morgan fingerprint density at radius 1 is 1.40 bits per heavy atom. The van der Waals surface area contributed by atoms with E-state index in [4.69, 9.17) is 10.8 Å². The predicted octanol–water partition coefficient (Wildman–Crippen LogP) is 0.437. The fourth-order valence-electron chi connectivity index (χ4n) is 1.38. The normalized spacial score (nSPS) is 12.2. The fourth-order valence-corrected chi connectivity index (χ4v) is 1.38. The number of carbonyl (C=O) groups excluding carboxylic acids is 1. The second kappa shape index (κ2) is 7.23. The van der Waals surface area contributed by atoms with E-state index in [0.29, 0.717) is 19.4 Å². The van der Waals surface area contributed by atoms with E-state index in [1.165, 1.54) is 11.9 Å². The van der Waals surface area contributed by atoms with Gasteiger partial charge in [0.2, 0.25) is 5.91 Å². The summed E-state index contributed by atoms with van der Waals surface area (Å²) in [5.41, 5.74) is 5.31. The molecule has 0 rings (SSSR count). The lowest BCUT2D eigenvalue weighted by Gasteiger charge is -2.23. The van der Waals surface area contributed by atoms with Crippen LogP contribution in [0.3, 0.4) is 0 Å². The molecule has 15 heavy (non-hydrogen) atoms. The number of nitrogens with zero attached hydrogens (tertiary/aromatic N) is 1. The number of likely N-dealkylation sites (N-methyl/N-ethyl adjacent to an activating group) is 1. The van der Waals surface area contributed by atoms with Crippen molar-refractivity contribution >= 4 is 11.9 Å². The quantitative estimate of drug-likeness (QED) is 0.605. The molecular weight excluding hydrogens is 196 g/mol. The van der Waals surface area contributed by atoms with Gasteiger partial charge in [0.05, 0.1) is 0 Å². The molecule has 0 fully saturated rings. The number of aliphatic carboxylic acids is 1. The summed E-state index contributed by atoms with van der Waals surface area (Å²) in [7, 11) is 1.53. The molecule has 0 aromatic heterocycles. The molecular formula is C10H20N2O3. The lowest BCUT2D eigenvalue weighted by molar-refractivity contribution is -0.149. The van der Waals surface area contributed by atoms with Gasteiger partial charge in [0.25, 0.3) is 0 Å². The highest BCUT2D eigenvalue weighted by Crippen LogP contribution is 2.06. The van der Waals surface area contributed by atoms with Crippen LogP contribution in [0.25, 0.3) is 0 Å². The lowest BCUT2D eigenvalue weighted by atomic mass is 10.1. The van der Waals surface area contributed by atoms with Gasteiger partial charge in [-0.25, -0.2) is 4.79 Å². The molecule has 0 aliphatic heterocycles. The number of carboxylic acids is 1. The highest BCUT2D eigenvalue weighted by Gasteiger charge is 2.23. The third-order valence-corrected chi connectivity index (χ3v) is 2.38. The van der Waals surface area contributed by atoms with E-state index in [1.807, 2.05) is 0 Å². The molecule has 1 unspecified atom stereocenters. The Labute approximate surface area is 90.2 Å². The SMILES string of the molecule is CCC(C(=O)O)N(C)C(=O)CCCCN. The maximum atomic E-state index is 11.5. The molecule has 0 aliphatic rings. The molecule has 3 N–H and O–H groups in total. The number of carboxylic acid groups (broad SMARTS) is 1. The molecule has 0 bridgehead atoms. The Kier molecular flexibility index (Phi) is 6.70. The molecule has 1 amide bonds. The van der Waals surface area contributed by atoms with Gasteiger partial charge >= 0.3 is 5.97 Å². The lowest BCUT2D eigenvalue weighted by Crippen LogP contribution is -2.41. The largest absolute Gasteiger partial charge is 0.480 e. The van der Waals surface area contributed by atoms with Crippen molar-refractivity contribution in [1.29, 1.82) is 0 Å². The predicted molar refractivity (Wildman–Crippen MR) is 57.4 cm³/mol. The van der Waals surface area contributed by atoms with Gasteiger partial charge < -0.3 is 15.7 Å². The van der Waals surface area contributed by atoms with Crippen LogP contribution in [0.2, 0.25) is 0 Å². The van der Waals surface area contributed by atoms with Crippen LogP contribution in [0.15, 0.2) is 0 Å². The van der Waals surface area contributed by atoms with Crippen molar-refractivity contribution in [2.75, 3.05) is 13.6 Å². The monoisotopic (exact) mass is 216 g/mol. The van der Waals surface area contributed by atoms with E-state index in [0.717, 1.165) is 12.8 Å². The van der Waals surface area contributed by atoms with E-state index < -0.39 is 12.0 Å². The second-order valence-electron chi connectivity index (χ2n) is 3.51. The zero-order valence-corrected chi connectivity index (χ0v) is 9.40. The molecule has 0 spiro atoms. The van der Waals surface area contributed by atoms with Crippen LogP contribution < -0.4 is 5.73 Å². The highest BCUT2D eigenvalue weighted by molar-refractivity contribution is 5.83. The van der Waals surface area contributed by atoms with Gasteiger partial charge in [-0.15, -0.1) is 0 Å². The Morgan fingerprint density at radius 3 is 2.40 bits per heavy atom. The standard InChI is InChI=1S/C10H20N2O3/c1-3-8(10(14)15)12(2)9(13)6-4-5-7-11/h8H,3-7,11H2,1-2H3,(H,14,15). The first-order chi connectivity index (χ1) is 7.04. The van der Waals surface area contributed by atoms with Crippen LogP contribution in [-0.4, -0.2) is 41.5 Å². The third-order valence-electron chi connectivity index (χ3n) is 2.38. The van der Waals surface area contributed by atoms with Crippen molar-refractivity contribution in [3.05, 3.63) is 0 Å². The van der Waals surface area contributed by atoms with Gasteiger partial charge in [0, 0.05) is 13.5 Å². The topological polar surface area (TPSA) is 83.6 Å². The van der Waals surface area contributed by atoms with Crippen LogP contribution in [0, 0.1) is 0 Å². The Bertz CT molecular complexity index is 219. The summed E-state index contributed by atoms with van der Waals surface area (Å²) in [6, 6.07) is -0.713. The highest BCUT2D eigenvalue weighted by atomic mass is 16.4. The van der Waals surface area contributed by atoms with Crippen molar-refractivity contribution < 1.29 is 14.7 Å². The van der Waals surface area contributed by atoms with Gasteiger partial charge in [-0.3, -0.25) is 4.79 Å². The summed E-state index contributed by atoms with van der Waals surface area (Å²) >= 11 is 0. The number of amides is 1. The first-order valence-electron chi connectivity index (χ1n) is 5.23. The molecule has 0 saturated carbocycles. The maximum Gasteiger partial charge on any atom is 0.326 e. The van der Waals surface area contributed by atoms with Crippen molar-refractivity contribution in [2.24, 2.45) is 5.73 Å². The summed E-state index contributed by atoms with van der Waals surface area (Å²) < 4.78 is 0. The van der Waals surface area contributed by atoms with E-state index in [-0.39, 0.29) is 5.91 Å². The molecule has 1 atom stereocenters. The molecule has 0 aliphatic carbocycles. The summed E-state index contributed by atoms with van der Waals surface area (Å²) in [6.07, 6.45) is 2.31.